The fourth-order valence-electron chi connectivity index (χ4n) is 3.62. The van der Waals surface area contributed by atoms with Crippen molar-refractivity contribution < 1.29 is 4.79 Å². The number of fused-ring (bicyclic) bond motifs is 1. The lowest BCUT2D eigenvalue weighted by atomic mass is 10.0. The minimum Gasteiger partial charge on any atom is -0.308 e. The smallest absolute Gasteiger partial charge is 0.308 e. The van der Waals surface area contributed by atoms with Gasteiger partial charge in [0.1, 0.15) is 0 Å². The van der Waals surface area contributed by atoms with Crippen LogP contribution in [0.3, 0.4) is 0 Å². The molecule has 2 amide bonds. The summed E-state index contributed by atoms with van der Waals surface area (Å²) in [5.74, 6) is 1.08. The summed E-state index contributed by atoms with van der Waals surface area (Å²) in [6.07, 6.45) is 3.41. The van der Waals surface area contributed by atoms with Crippen molar-refractivity contribution in [2.75, 3.05) is 10.6 Å². The number of carbonyl (C=O) groups excluding carboxylic acids is 1. The van der Waals surface area contributed by atoms with E-state index in [2.05, 4.69) is 39.7 Å². The van der Waals surface area contributed by atoms with E-state index in [4.69, 9.17) is 5.10 Å². The number of pyridine rings is 1. The van der Waals surface area contributed by atoms with Crippen LogP contribution in [0, 0.1) is 0 Å². The van der Waals surface area contributed by atoms with Gasteiger partial charge in [-0.3, -0.25) is 4.98 Å². The summed E-state index contributed by atoms with van der Waals surface area (Å²) >= 11 is 0. The fourth-order valence-corrected chi connectivity index (χ4v) is 3.62. The van der Waals surface area contributed by atoms with Crippen LogP contribution in [-0.2, 0) is 0 Å². The number of hydrogen-bond donors (Lipinski definition) is 2. The molecule has 2 aromatic carbocycles. The van der Waals surface area contributed by atoms with Gasteiger partial charge in [0, 0.05) is 34.9 Å². The average Bonchev–Trinajstić information content (AvgIpc) is 3.28. The van der Waals surface area contributed by atoms with Gasteiger partial charge in [-0.1, -0.05) is 38.1 Å². The number of benzene rings is 2. The zero-order valence-corrected chi connectivity index (χ0v) is 18.8. The van der Waals surface area contributed by atoms with E-state index >= 15 is 0 Å². The lowest BCUT2D eigenvalue weighted by Gasteiger charge is -2.10. The van der Waals surface area contributed by atoms with Crippen LogP contribution in [0.1, 0.15) is 25.3 Å². The Morgan fingerprint density at radius 1 is 0.824 bits per heavy atom. The number of amides is 2. The first-order valence-corrected chi connectivity index (χ1v) is 11.0. The Hall–Kier alpha value is -4.59. The van der Waals surface area contributed by atoms with E-state index in [9.17, 15) is 4.79 Å². The average molecular weight is 450 g/mol. The van der Waals surface area contributed by atoms with E-state index in [1.807, 2.05) is 72.8 Å². The molecule has 3 heterocycles. The Labute approximate surface area is 196 Å². The molecule has 168 valence electrons. The summed E-state index contributed by atoms with van der Waals surface area (Å²) in [6, 6.07) is 22.6. The molecule has 0 fully saturated rings. The predicted molar refractivity (Wildman–Crippen MR) is 133 cm³/mol. The molecule has 0 bridgehead atoms. The van der Waals surface area contributed by atoms with Crippen LogP contribution >= 0.6 is 0 Å². The van der Waals surface area contributed by atoms with E-state index in [-0.39, 0.29) is 6.03 Å². The molecular weight excluding hydrogens is 426 g/mol. The van der Waals surface area contributed by atoms with E-state index < -0.39 is 0 Å². The van der Waals surface area contributed by atoms with Crippen LogP contribution in [0.15, 0.2) is 85.2 Å². The normalized spacial score (nSPS) is 11.0. The van der Waals surface area contributed by atoms with Crippen LogP contribution in [0.4, 0.5) is 16.2 Å². The van der Waals surface area contributed by atoms with Crippen molar-refractivity contribution in [3.05, 3.63) is 90.8 Å². The van der Waals surface area contributed by atoms with Gasteiger partial charge in [-0.05, 0) is 60.0 Å². The molecule has 5 rings (SSSR count). The second kappa shape index (κ2) is 9.11. The number of rotatable bonds is 5. The summed E-state index contributed by atoms with van der Waals surface area (Å²) in [5, 5.41) is 19.0. The molecule has 0 aliphatic rings. The Kier molecular flexibility index (Phi) is 5.70. The summed E-state index contributed by atoms with van der Waals surface area (Å²) in [6.45, 7) is 4.27. The van der Waals surface area contributed by atoms with Gasteiger partial charge in [-0.2, -0.15) is 9.61 Å². The number of nitrogens with zero attached hydrogens (tertiary/aromatic N) is 5. The van der Waals surface area contributed by atoms with Crippen molar-refractivity contribution in [1.82, 2.24) is 24.8 Å². The molecule has 0 spiro atoms. The number of carbonyl (C=O) groups is 1. The largest absolute Gasteiger partial charge is 0.323 e. The van der Waals surface area contributed by atoms with E-state index in [1.165, 1.54) is 5.56 Å². The maximum Gasteiger partial charge on any atom is 0.323 e. The topological polar surface area (TPSA) is 97.1 Å². The lowest BCUT2D eigenvalue weighted by Crippen LogP contribution is -2.19. The van der Waals surface area contributed by atoms with Gasteiger partial charge < -0.3 is 10.6 Å². The van der Waals surface area contributed by atoms with Gasteiger partial charge in [-0.15, -0.1) is 10.2 Å². The van der Waals surface area contributed by atoms with Crippen LogP contribution in [0.25, 0.3) is 28.3 Å². The molecule has 0 saturated carbocycles. The third-order valence-electron chi connectivity index (χ3n) is 5.45. The maximum atomic E-state index is 12.5. The number of hydrogen-bond acceptors (Lipinski definition) is 5. The minimum absolute atomic E-state index is 0.309. The van der Waals surface area contributed by atoms with Gasteiger partial charge in [0.2, 0.25) is 0 Å². The van der Waals surface area contributed by atoms with E-state index in [0.29, 0.717) is 23.1 Å². The zero-order valence-electron chi connectivity index (χ0n) is 18.8. The number of anilines is 2. The summed E-state index contributed by atoms with van der Waals surface area (Å²) in [4.78, 5) is 16.6. The first kappa shape index (κ1) is 21.3. The number of aromatic nitrogens is 5. The van der Waals surface area contributed by atoms with Crippen molar-refractivity contribution in [2.24, 2.45) is 0 Å². The Bertz CT molecular complexity index is 1440. The molecule has 2 N–H and O–H groups in total. The first-order chi connectivity index (χ1) is 16.6. The maximum absolute atomic E-state index is 12.5. The van der Waals surface area contributed by atoms with Gasteiger partial charge in [0.15, 0.2) is 11.5 Å². The molecule has 34 heavy (non-hydrogen) atoms. The molecule has 8 nitrogen and oxygen atoms in total. The van der Waals surface area contributed by atoms with Gasteiger partial charge in [-0.25, -0.2) is 4.79 Å². The molecule has 0 atom stereocenters. The van der Waals surface area contributed by atoms with Gasteiger partial charge >= 0.3 is 6.03 Å². The van der Waals surface area contributed by atoms with Crippen molar-refractivity contribution in [3.63, 3.8) is 0 Å². The fraction of sp³-hybridized carbons (Fsp3) is 0.115. The summed E-state index contributed by atoms with van der Waals surface area (Å²) < 4.78 is 1.71. The van der Waals surface area contributed by atoms with Crippen LogP contribution in [0.5, 0.6) is 0 Å². The molecule has 3 aromatic heterocycles. The second-order valence-electron chi connectivity index (χ2n) is 8.18. The zero-order chi connectivity index (χ0) is 23.5. The highest BCUT2D eigenvalue weighted by Gasteiger charge is 2.11. The van der Waals surface area contributed by atoms with Crippen molar-refractivity contribution in [1.29, 1.82) is 0 Å². The van der Waals surface area contributed by atoms with Gasteiger partial charge in [0.25, 0.3) is 0 Å². The standard InChI is InChI=1S/C26H23N7O/c1-17(2)18-6-8-21(9-7-18)28-26(34)29-22-5-3-4-20(16-22)23-10-11-24-30-31-25(33(24)32-23)19-12-14-27-15-13-19/h3-17H,1-2H3,(H2,28,29,34). The summed E-state index contributed by atoms with van der Waals surface area (Å²) in [5.41, 5.74) is 5.73. The van der Waals surface area contributed by atoms with Crippen LogP contribution < -0.4 is 10.6 Å². The van der Waals surface area contributed by atoms with Crippen molar-refractivity contribution in [3.8, 4) is 22.6 Å². The van der Waals surface area contributed by atoms with E-state index in [0.717, 1.165) is 22.5 Å². The summed E-state index contributed by atoms with van der Waals surface area (Å²) in [7, 11) is 0. The molecule has 8 heteroatoms. The molecule has 0 radical (unpaired) electrons. The highest BCUT2D eigenvalue weighted by Crippen LogP contribution is 2.24. The highest BCUT2D eigenvalue weighted by atomic mass is 16.2. The van der Waals surface area contributed by atoms with Crippen LogP contribution in [-0.4, -0.2) is 30.8 Å². The van der Waals surface area contributed by atoms with Crippen LogP contribution in [0.2, 0.25) is 0 Å². The Balaban J connectivity index is 1.36. The molecule has 0 saturated heterocycles. The Morgan fingerprint density at radius 2 is 1.59 bits per heavy atom. The third-order valence-corrected chi connectivity index (χ3v) is 5.45. The molecule has 0 aliphatic carbocycles. The van der Waals surface area contributed by atoms with Crippen molar-refractivity contribution >= 4 is 23.1 Å². The molecule has 0 unspecified atom stereocenters. The SMILES string of the molecule is CC(C)c1ccc(NC(=O)Nc2cccc(-c3ccc4nnc(-c5ccncc5)n4n3)c2)cc1. The number of urea groups is 1. The first-order valence-electron chi connectivity index (χ1n) is 11.0. The van der Waals surface area contributed by atoms with Crippen molar-refractivity contribution in [2.45, 2.75) is 19.8 Å². The second-order valence-corrected chi connectivity index (χ2v) is 8.18. The van der Waals surface area contributed by atoms with E-state index in [1.54, 1.807) is 16.9 Å². The quantitative estimate of drug-likeness (QED) is 0.363. The lowest BCUT2D eigenvalue weighted by molar-refractivity contribution is 0.262. The minimum atomic E-state index is -0.309. The monoisotopic (exact) mass is 449 g/mol. The highest BCUT2D eigenvalue weighted by molar-refractivity contribution is 6.00. The molecule has 5 aromatic rings. The van der Waals surface area contributed by atoms with Gasteiger partial charge in [0.05, 0.1) is 5.69 Å². The molecular formula is C26H23N7O. The molecule has 0 aliphatic heterocycles. The predicted octanol–water partition coefficient (Wildman–Crippen LogP) is 5.62. The Morgan fingerprint density at radius 3 is 2.35 bits per heavy atom. The third kappa shape index (κ3) is 4.47. The number of nitrogens with one attached hydrogen (secondary N) is 2.